The molecule has 5 heteroatoms. The number of piperidine rings is 1. The van der Waals surface area contributed by atoms with Crippen LogP contribution >= 0.6 is 0 Å². The fourth-order valence-electron chi connectivity index (χ4n) is 4.98. The molecule has 1 spiro atoms. The number of alkyl halides is 1. The molecule has 2 saturated heterocycles. The summed E-state index contributed by atoms with van der Waals surface area (Å²) in [5.41, 5.74) is 2.78. The van der Waals surface area contributed by atoms with Crippen molar-refractivity contribution in [1.29, 1.82) is 0 Å². The van der Waals surface area contributed by atoms with Crippen molar-refractivity contribution in [1.82, 2.24) is 4.90 Å². The number of hydrogen-bond donors (Lipinski definition) is 0. The molecule has 0 saturated carbocycles. The number of benzene rings is 1. The lowest BCUT2D eigenvalue weighted by Crippen LogP contribution is -2.50. The maximum absolute atomic E-state index is 12.4. The normalized spacial score (nSPS) is 29.5. The number of methoxy groups -OCH3 is 1. The highest BCUT2D eigenvalue weighted by molar-refractivity contribution is 5.50. The molecule has 0 radical (unpaired) electrons. The van der Waals surface area contributed by atoms with Crippen molar-refractivity contribution < 1.29 is 18.6 Å². The Morgan fingerprint density at radius 1 is 1.33 bits per heavy atom. The van der Waals surface area contributed by atoms with E-state index < -0.39 is 0 Å². The van der Waals surface area contributed by atoms with Gasteiger partial charge in [0, 0.05) is 31.5 Å². The van der Waals surface area contributed by atoms with Crippen LogP contribution < -0.4 is 9.47 Å². The highest BCUT2D eigenvalue weighted by Gasteiger charge is 2.57. The molecule has 0 N–H and O–H groups in total. The Morgan fingerprint density at radius 2 is 2.15 bits per heavy atom. The number of nitrogens with zero attached hydrogens (tertiary/aromatic N) is 1. The van der Waals surface area contributed by atoms with Crippen LogP contribution in [0.25, 0.3) is 0 Å². The van der Waals surface area contributed by atoms with Gasteiger partial charge in [0.1, 0.15) is 0 Å². The highest BCUT2D eigenvalue weighted by Crippen LogP contribution is 2.53. The summed E-state index contributed by atoms with van der Waals surface area (Å²) in [6.45, 7) is 7.76. The van der Waals surface area contributed by atoms with Gasteiger partial charge in [0.2, 0.25) is 0 Å². The first kappa shape index (κ1) is 19.0. The van der Waals surface area contributed by atoms with E-state index in [0.717, 1.165) is 44.0 Å². The molecule has 150 valence electrons. The highest BCUT2D eigenvalue weighted by atomic mass is 19.1. The molecule has 3 heterocycles. The van der Waals surface area contributed by atoms with Crippen LogP contribution in [0.3, 0.4) is 0 Å². The van der Waals surface area contributed by atoms with Crippen LogP contribution in [0.1, 0.15) is 50.3 Å². The average Bonchev–Trinajstić information content (AvgIpc) is 3.42. The zero-order chi connectivity index (χ0) is 19.0. The van der Waals surface area contributed by atoms with Crippen molar-refractivity contribution in [2.75, 3.05) is 40.1 Å². The van der Waals surface area contributed by atoms with E-state index in [-0.39, 0.29) is 12.3 Å². The number of rotatable bonds is 7. The van der Waals surface area contributed by atoms with Crippen LogP contribution in [0.4, 0.5) is 4.39 Å². The molecule has 1 aromatic carbocycles. The molecule has 1 unspecified atom stereocenters. The van der Waals surface area contributed by atoms with Gasteiger partial charge in [-0.3, -0.25) is 9.29 Å². The zero-order valence-electron chi connectivity index (χ0n) is 16.8. The lowest BCUT2D eigenvalue weighted by Gasteiger charge is -2.47. The van der Waals surface area contributed by atoms with Gasteiger partial charge in [-0.2, -0.15) is 0 Å². The van der Waals surface area contributed by atoms with Gasteiger partial charge in [0.05, 0.1) is 32.6 Å². The van der Waals surface area contributed by atoms with E-state index in [1.54, 1.807) is 7.11 Å². The summed E-state index contributed by atoms with van der Waals surface area (Å²) in [7, 11) is 1.68. The number of halogens is 1. The lowest BCUT2D eigenvalue weighted by atomic mass is 9.74. The van der Waals surface area contributed by atoms with Gasteiger partial charge >= 0.3 is 0 Å². The Labute approximate surface area is 162 Å². The molecule has 2 fully saturated rings. The van der Waals surface area contributed by atoms with Gasteiger partial charge in [-0.1, -0.05) is 13.8 Å². The molecular weight excluding hydrogens is 345 g/mol. The quantitative estimate of drug-likeness (QED) is 0.528. The van der Waals surface area contributed by atoms with Gasteiger partial charge in [0.15, 0.2) is 11.5 Å². The van der Waals surface area contributed by atoms with Crippen LogP contribution in [0, 0.1) is 11.8 Å². The van der Waals surface area contributed by atoms with E-state index in [0.29, 0.717) is 30.9 Å². The second-order valence-corrected chi connectivity index (χ2v) is 8.74. The maximum atomic E-state index is 12.4. The number of epoxide rings is 1. The van der Waals surface area contributed by atoms with Crippen LogP contribution in [0.15, 0.2) is 12.1 Å². The number of ether oxygens (including phenoxy) is 3. The zero-order valence-corrected chi connectivity index (χ0v) is 16.8. The molecule has 4 nitrogen and oxygen atoms in total. The largest absolute Gasteiger partial charge is 0.493 e. The first-order chi connectivity index (χ1) is 13.1. The molecule has 0 aromatic heterocycles. The summed E-state index contributed by atoms with van der Waals surface area (Å²) in [4.78, 5) is 2.64. The van der Waals surface area contributed by atoms with Gasteiger partial charge in [-0.25, -0.2) is 0 Å². The second-order valence-electron chi connectivity index (χ2n) is 8.74. The fraction of sp³-hybridized carbons (Fsp3) is 0.727. The van der Waals surface area contributed by atoms with Crippen LogP contribution in [0.2, 0.25) is 0 Å². The van der Waals surface area contributed by atoms with Crippen molar-refractivity contribution in [3.63, 3.8) is 0 Å². The third kappa shape index (κ3) is 3.68. The van der Waals surface area contributed by atoms with Crippen LogP contribution in [-0.4, -0.2) is 50.6 Å². The molecule has 3 atom stereocenters. The summed E-state index contributed by atoms with van der Waals surface area (Å²) >= 11 is 0. The molecule has 0 aliphatic carbocycles. The van der Waals surface area contributed by atoms with Crippen molar-refractivity contribution >= 4 is 0 Å². The first-order valence-corrected chi connectivity index (χ1v) is 10.3. The summed E-state index contributed by atoms with van der Waals surface area (Å²) in [6.07, 6.45) is 3.74. The minimum Gasteiger partial charge on any atom is -0.493 e. The SMILES string of the molecule is COc1cc2c(cc1OCCCF)CCN1C[C@@H](CC(C)C)C3(CO3)C[C@H]21. The second kappa shape index (κ2) is 7.59. The maximum Gasteiger partial charge on any atom is 0.161 e. The molecule has 27 heavy (non-hydrogen) atoms. The Morgan fingerprint density at radius 3 is 2.81 bits per heavy atom. The summed E-state index contributed by atoms with van der Waals surface area (Å²) in [5.74, 6) is 2.84. The monoisotopic (exact) mass is 377 g/mol. The van der Waals surface area contributed by atoms with Gasteiger partial charge in [-0.05, 0) is 48.4 Å². The Balaban J connectivity index is 1.58. The van der Waals surface area contributed by atoms with E-state index in [4.69, 9.17) is 14.2 Å². The van der Waals surface area contributed by atoms with Crippen molar-refractivity contribution in [3.05, 3.63) is 23.3 Å². The molecule has 1 aromatic rings. The third-order valence-electron chi connectivity index (χ3n) is 6.44. The molecule has 4 rings (SSSR count). The van der Waals surface area contributed by atoms with E-state index in [2.05, 4.69) is 30.9 Å². The van der Waals surface area contributed by atoms with E-state index in [1.165, 1.54) is 17.5 Å². The van der Waals surface area contributed by atoms with E-state index in [9.17, 15) is 4.39 Å². The van der Waals surface area contributed by atoms with Crippen LogP contribution in [0.5, 0.6) is 11.5 Å². The summed E-state index contributed by atoms with van der Waals surface area (Å²) in [5, 5.41) is 0. The Bertz CT molecular complexity index is 674. The number of hydrogen-bond acceptors (Lipinski definition) is 4. The lowest BCUT2D eigenvalue weighted by molar-refractivity contribution is 0.0224. The van der Waals surface area contributed by atoms with Gasteiger partial charge < -0.3 is 14.2 Å². The molecule has 0 amide bonds. The van der Waals surface area contributed by atoms with E-state index in [1.807, 2.05) is 0 Å². The molecule has 0 bridgehead atoms. The van der Waals surface area contributed by atoms with Crippen molar-refractivity contribution in [3.8, 4) is 11.5 Å². The van der Waals surface area contributed by atoms with Crippen molar-refractivity contribution in [2.45, 2.75) is 51.2 Å². The summed E-state index contributed by atoms with van der Waals surface area (Å²) in [6, 6.07) is 4.66. The van der Waals surface area contributed by atoms with Crippen molar-refractivity contribution in [2.24, 2.45) is 11.8 Å². The predicted molar refractivity (Wildman–Crippen MR) is 103 cm³/mol. The predicted octanol–water partition coefficient (Wildman–Crippen LogP) is 4.17. The minimum atomic E-state index is -0.357. The standard InChI is InChI=1S/C22H32FNO3/c1-15(2)9-17-13-24-7-5-16-10-21(26-8-4-6-23)20(25-3)11-18(16)19(24)12-22(17)14-27-22/h10-11,15,17,19H,4-9,12-14H2,1-3H3/t17-,19-,22?/m1/s1. The fourth-order valence-corrected chi connectivity index (χ4v) is 4.98. The molecular formula is C22H32FNO3. The molecule has 3 aliphatic heterocycles. The van der Waals surface area contributed by atoms with Gasteiger partial charge in [-0.15, -0.1) is 0 Å². The Kier molecular flexibility index (Phi) is 5.34. The van der Waals surface area contributed by atoms with Gasteiger partial charge in [0.25, 0.3) is 0 Å². The average molecular weight is 378 g/mol. The first-order valence-electron chi connectivity index (χ1n) is 10.3. The molecule has 3 aliphatic rings. The summed E-state index contributed by atoms with van der Waals surface area (Å²) < 4.78 is 29.8. The minimum absolute atomic E-state index is 0.0869. The topological polar surface area (TPSA) is 34.2 Å². The third-order valence-corrected chi connectivity index (χ3v) is 6.44. The number of fused-ring (bicyclic) bond motifs is 3. The smallest absolute Gasteiger partial charge is 0.161 e. The van der Waals surface area contributed by atoms with Crippen LogP contribution in [-0.2, 0) is 11.2 Å². The van der Waals surface area contributed by atoms with E-state index >= 15 is 0 Å². The Hall–Kier alpha value is -1.33.